The molecule has 4 heterocycles. The number of hydrogen-bond acceptors (Lipinski definition) is 7. The maximum Gasteiger partial charge on any atom is 0.160 e. The summed E-state index contributed by atoms with van der Waals surface area (Å²) in [5.41, 5.74) is 6.98. The first-order chi connectivity index (χ1) is 24.8. The molecule has 1 atom stereocenters. The van der Waals surface area contributed by atoms with Crippen molar-refractivity contribution >= 4 is 74.8 Å². The molecular weight excluding hydrogens is 651 g/mol. The molecule has 6 aromatic carbocycles. The average Bonchev–Trinajstić information content (AvgIpc) is 3.76. The summed E-state index contributed by atoms with van der Waals surface area (Å²) in [7, 11) is 0. The van der Waals surface area contributed by atoms with Gasteiger partial charge in [-0.3, -0.25) is 0 Å². The lowest BCUT2D eigenvalue weighted by molar-refractivity contribution is 0.674. The number of aliphatic imine (C=N–C) groups is 2. The molecular formula is C43H27N5S2. The predicted molar refractivity (Wildman–Crippen MR) is 211 cm³/mol. The number of nitrogens with zero attached hydrogens (tertiary/aromatic N) is 4. The molecule has 0 spiro atoms. The minimum atomic E-state index is -0.308. The second-order valence-corrected chi connectivity index (χ2v) is 14.4. The van der Waals surface area contributed by atoms with Gasteiger partial charge in [0.15, 0.2) is 11.7 Å². The largest absolute Gasteiger partial charge is 0.344 e. The van der Waals surface area contributed by atoms with Crippen molar-refractivity contribution in [1.82, 2.24) is 15.3 Å². The van der Waals surface area contributed by atoms with Crippen molar-refractivity contribution in [3.8, 4) is 22.6 Å². The van der Waals surface area contributed by atoms with E-state index in [2.05, 4.69) is 127 Å². The van der Waals surface area contributed by atoms with Gasteiger partial charge in [0, 0.05) is 52.5 Å². The van der Waals surface area contributed by atoms with E-state index in [0.29, 0.717) is 11.7 Å². The van der Waals surface area contributed by atoms with Crippen LogP contribution in [-0.2, 0) is 0 Å². The first kappa shape index (κ1) is 28.9. The molecule has 0 amide bonds. The van der Waals surface area contributed by atoms with Crippen molar-refractivity contribution < 1.29 is 0 Å². The number of nitrogens with one attached hydrogen (secondary N) is 1. The topological polar surface area (TPSA) is 62.5 Å². The summed E-state index contributed by atoms with van der Waals surface area (Å²) >= 11 is 3.53. The van der Waals surface area contributed by atoms with E-state index in [1.165, 1.54) is 14.8 Å². The van der Waals surface area contributed by atoms with Gasteiger partial charge in [-0.25, -0.2) is 20.0 Å². The zero-order valence-electron chi connectivity index (χ0n) is 26.6. The summed E-state index contributed by atoms with van der Waals surface area (Å²) in [6, 6.07) is 52.6. The molecule has 0 saturated heterocycles. The molecule has 0 radical (unpaired) electrons. The second kappa shape index (κ2) is 11.8. The average molecular weight is 678 g/mol. The molecule has 10 rings (SSSR count). The smallest absolute Gasteiger partial charge is 0.160 e. The maximum atomic E-state index is 5.33. The Hall–Kier alpha value is -6.02. The van der Waals surface area contributed by atoms with E-state index < -0.39 is 0 Å². The Kier molecular flexibility index (Phi) is 6.85. The summed E-state index contributed by atoms with van der Waals surface area (Å²) in [6.07, 6.45) is -0.308. The van der Waals surface area contributed by atoms with Gasteiger partial charge in [0.25, 0.3) is 0 Å². The number of rotatable bonds is 5. The van der Waals surface area contributed by atoms with Crippen LogP contribution in [0.2, 0.25) is 0 Å². The normalized spacial score (nSPS) is 14.6. The molecule has 1 aliphatic rings. The van der Waals surface area contributed by atoms with Crippen LogP contribution < -0.4 is 5.32 Å². The highest BCUT2D eigenvalue weighted by molar-refractivity contribution is 7.26. The summed E-state index contributed by atoms with van der Waals surface area (Å²) < 4.78 is 4.67. The number of aromatic nitrogens is 2. The molecule has 1 unspecified atom stereocenters. The zero-order valence-corrected chi connectivity index (χ0v) is 28.2. The SMILES string of the molecule is c1ccc(C2=NC(c3ccccc3)NC(c3cc(-c4nc(-c5ccccc5)c5sc6ccccc6c5n4)cc4sc5ccccc5c34)=N2)cc1. The highest BCUT2D eigenvalue weighted by Crippen LogP contribution is 2.42. The van der Waals surface area contributed by atoms with E-state index in [-0.39, 0.29) is 6.17 Å². The van der Waals surface area contributed by atoms with Crippen LogP contribution >= 0.6 is 22.7 Å². The van der Waals surface area contributed by atoms with Gasteiger partial charge >= 0.3 is 0 Å². The van der Waals surface area contributed by atoms with Gasteiger partial charge in [0.1, 0.15) is 12.0 Å². The predicted octanol–water partition coefficient (Wildman–Crippen LogP) is 11.0. The Bertz CT molecular complexity index is 2780. The van der Waals surface area contributed by atoms with Gasteiger partial charge in [-0.15, -0.1) is 22.7 Å². The lowest BCUT2D eigenvalue weighted by Crippen LogP contribution is -2.33. The third-order valence-electron chi connectivity index (χ3n) is 9.15. The number of benzene rings is 6. The van der Waals surface area contributed by atoms with Gasteiger partial charge < -0.3 is 5.32 Å². The molecule has 1 N–H and O–H groups in total. The highest BCUT2D eigenvalue weighted by Gasteiger charge is 2.25. The first-order valence-corrected chi connectivity index (χ1v) is 18.1. The Morgan fingerprint density at radius 3 is 1.94 bits per heavy atom. The van der Waals surface area contributed by atoms with E-state index >= 15 is 0 Å². The molecule has 0 bridgehead atoms. The van der Waals surface area contributed by atoms with Crippen molar-refractivity contribution in [2.45, 2.75) is 6.17 Å². The number of amidine groups is 2. The number of hydrogen-bond donors (Lipinski definition) is 1. The molecule has 3 aromatic heterocycles. The molecule has 50 heavy (non-hydrogen) atoms. The van der Waals surface area contributed by atoms with Crippen LogP contribution in [0.1, 0.15) is 22.9 Å². The van der Waals surface area contributed by atoms with E-state index in [0.717, 1.165) is 65.0 Å². The molecule has 0 saturated carbocycles. The third-order valence-corrected chi connectivity index (χ3v) is 11.4. The summed E-state index contributed by atoms with van der Waals surface area (Å²) in [5.74, 6) is 2.15. The number of thiophene rings is 2. The first-order valence-electron chi connectivity index (χ1n) is 16.5. The van der Waals surface area contributed by atoms with Crippen molar-refractivity contribution in [3.63, 3.8) is 0 Å². The molecule has 0 aliphatic carbocycles. The van der Waals surface area contributed by atoms with E-state index in [9.17, 15) is 0 Å². The van der Waals surface area contributed by atoms with Crippen LogP contribution in [0.4, 0.5) is 0 Å². The molecule has 236 valence electrons. The van der Waals surface area contributed by atoms with Gasteiger partial charge in [0.05, 0.1) is 15.9 Å². The second-order valence-electron chi connectivity index (χ2n) is 12.3. The van der Waals surface area contributed by atoms with Crippen molar-refractivity contribution in [1.29, 1.82) is 0 Å². The third kappa shape index (κ3) is 4.90. The monoisotopic (exact) mass is 677 g/mol. The zero-order chi connectivity index (χ0) is 33.0. The molecule has 1 aliphatic heterocycles. The van der Waals surface area contributed by atoms with Crippen molar-refractivity contribution in [3.05, 3.63) is 168 Å². The summed E-state index contributed by atoms with van der Waals surface area (Å²) in [4.78, 5) is 21.0. The fourth-order valence-electron chi connectivity index (χ4n) is 6.79. The van der Waals surface area contributed by atoms with E-state index in [1.54, 1.807) is 22.7 Å². The molecule has 0 fully saturated rings. The van der Waals surface area contributed by atoms with Crippen LogP contribution in [0.5, 0.6) is 0 Å². The van der Waals surface area contributed by atoms with Crippen LogP contribution in [0.25, 0.3) is 63.1 Å². The lowest BCUT2D eigenvalue weighted by Gasteiger charge is -2.24. The van der Waals surface area contributed by atoms with E-state index in [4.69, 9.17) is 20.0 Å². The highest BCUT2D eigenvalue weighted by atomic mass is 32.1. The fraction of sp³-hybridized carbons (Fsp3) is 0.0233. The Balaban J connectivity index is 1.24. The quantitative estimate of drug-likeness (QED) is 0.197. The summed E-state index contributed by atoms with van der Waals surface area (Å²) in [5, 5.41) is 7.23. The maximum absolute atomic E-state index is 5.33. The van der Waals surface area contributed by atoms with Gasteiger partial charge in [-0.1, -0.05) is 127 Å². The van der Waals surface area contributed by atoms with Crippen molar-refractivity contribution in [2.24, 2.45) is 9.98 Å². The Labute approximate surface area is 296 Å². The van der Waals surface area contributed by atoms with Crippen LogP contribution in [-0.4, -0.2) is 21.6 Å². The lowest BCUT2D eigenvalue weighted by atomic mass is 10.0. The fourth-order valence-corrected chi connectivity index (χ4v) is 9.12. The van der Waals surface area contributed by atoms with Gasteiger partial charge in [-0.2, -0.15) is 0 Å². The molecule has 7 heteroatoms. The number of fused-ring (bicyclic) bond motifs is 6. The van der Waals surface area contributed by atoms with Crippen LogP contribution in [0.15, 0.2) is 162 Å². The van der Waals surface area contributed by atoms with Gasteiger partial charge in [-0.05, 0) is 29.8 Å². The summed E-state index contributed by atoms with van der Waals surface area (Å²) in [6.45, 7) is 0. The minimum Gasteiger partial charge on any atom is -0.344 e. The standard InChI is InChI=1S/C43H27N5S2/c1-4-14-26(15-5-1)37-39-38(31-21-11-13-23-34(31)50-39)45-42(44-37)29-24-32(36-30-20-10-12-22-33(30)49-35(36)25-29)43-47-40(27-16-6-2-7-17-27)46-41(48-43)28-18-8-3-9-19-28/h1-25,40H,(H,46,47,48). The minimum absolute atomic E-state index is 0.308. The van der Waals surface area contributed by atoms with E-state index in [1.807, 2.05) is 30.3 Å². The molecule has 9 aromatic rings. The van der Waals surface area contributed by atoms with Crippen LogP contribution in [0, 0.1) is 0 Å². The molecule has 5 nitrogen and oxygen atoms in total. The Morgan fingerprint density at radius 1 is 0.540 bits per heavy atom. The van der Waals surface area contributed by atoms with Crippen LogP contribution in [0.3, 0.4) is 0 Å². The Morgan fingerprint density at radius 2 is 1.18 bits per heavy atom. The van der Waals surface area contributed by atoms with Crippen molar-refractivity contribution in [2.75, 3.05) is 0 Å². The van der Waals surface area contributed by atoms with Gasteiger partial charge in [0.2, 0.25) is 0 Å².